The van der Waals surface area contributed by atoms with Crippen LogP contribution in [0.25, 0.3) is 0 Å². The average molecular weight is 370 g/mol. The predicted molar refractivity (Wildman–Crippen MR) is 101 cm³/mol. The number of hydrogen-bond acceptors (Lipinski definition) is 4. The van der Waals surface area contributed by atoms with Crippen molar-refractivity contribution >= 4 is 23.8 Å². The molecule has 1 atom stereocenters. The fourth-order valence-corrected chi connectivity index (χ4v) is 3.84. The molecule has 5 nitrogen and oxygen atoms in total. The number of halogens is 1. The molecule has 4 rings (SSSR count). The van der Waals surface area contributed by atoms with Crippen LogP contribution >= 0.6 is 11.6 Å². The monoisotopic (exact) mass is 369 g/mol. The minimum Gasteiger partial charge on any atom is -0.481 e. The summed E-state index contributed by atoms with van der Waals surface area (Å²) in [5.74, 6) is 5.42. The molecule has 2 aliphatic heterocycles. The first-order chi connectivity index (χ1) is 12.6. The molecule has 0 saturated heterocycles. The summed E-state index contributed by atoms with van der Waals surface area (Å²) in [6, 6.07) is 7.87. The van der Waals surface area contributed by atoms with E-state index in [1.165, 1.54) is 11.3 Å². The normalized spacial score (nSPS) is 27.7. The van der Waals surface area contributed by atoms with Gasteiger partial charge in [0.2, 0.25) is 0 Å². The van der Waals surface area contributed by atoms with Crippen LogP contribution < -0.4 is 5.32 Å². The number of carboxylic acids is 1. The lowest BCUT2D eigenvalue weighted by atomic mass is 9.78. The van der Waals surface area contributed by atoms with E-state index >= 15 is 0 Å². The lowest BCUT2D eigenvalue weighted by Gasteiger charge is -2.44. The SMILES string of the molecule is O=C(O)C1CC(N2CCC3=C(C=NC(C#Cc4cccc(Cl)c4)N3)C2)C1. The van der Waals surface area contributed by atoms with Crippen molar-refractivity contribution in [1.82, 2.24) is 10.2 Å². The van der Waals surface area contributed by atoms with Gasteiger partial charge in [-0.2, -0.15) is 0 Å². The molecule has 3 aliphatic rings. The zero-order chi connectivity index (χ0) is 18.1. The first-order valence-electron chi connectivity index (χ1n) is 8.84. The van der Waals surface area contributed by atoms with E-state index in [1.54, 1.807) is 0 Å². The van der Waals surface area contributed by atoms with Gasteiger partial charge in [-0.15, -0.1) is 0 Å². The van der Waals surface area contributed by atoms with Gasteiger partial charge in [0.05, 0.1) is 5.92 Å². The highest BCUT2D eigenvalue weighted by atomic mass is 35.5. The van der Waals surface area contributed by atoms with Crippen LogP contribution in [0.2, 0.25) is 5.02 Å². The number of nitrogens with one attached hydrogen (secondary N) is 1. The molecule has 1 saturated carbocycles. The second-order valence-corrected chi connectivity index (χ2v) is 7.43. The zero-order valence-electron chi connectivity index (χ0n) is 14.3. The molecule has 1 unspecified atom stereocenters. The van der Waals surface area contributed by atoms with Gasteiger partial charge in [0.15, 0.2) is 6.17 Å². The van der Waals surface area contributed by atoms with Crippen LogP contribution in [0.4, 0.5) is 0 Å². The smallest absolute Gasteiger partial charge is 0.306 e. The van der Waals surface area contributed by atoms with Gasteiger partial charge in [0.1, 0.15) is 0 Å². The van der Waals surface area contributed by atoms with Crippen LogP contribution in [0.3, 0.4) is 0 Å². The molecule has 1 aliphatic carbocycles. The summed E-state index contributed by atoms with van der Waals surface area (Å²) in [7, 11) is 0. The Kier molecular flexibility index (Phi) is 4.71. The Morgan fingerprint density at radius 2 is 2.23 bits per heavy atom. The molecule has 0 amide bonds. The van der Waals surface area contributed by atoms with Crippen molar-refractivity contribution in [1.29, 1.82) is 0 Å². The molecule has 0 radical (unpaired) electrons. The van der Waals surface area contributed by atoms with E-state index in [4.69, 9.17) is 16.7 Å². The lowest BCUT2D eigenvalue weighted by molar-refractivity contribution is -0.147. The predicted octanol–water partition coefficient (Wildman–Crippen LogP) is 2.51. The Hall–Kier alpha value is -2.29. The molecule has 6 heteroatoms. The van der Waals surface area contributed by atoms with E-state index in [-0.39, 0.29) is 12.1 Å². The molecule has 1 fully saturated rings. The van der Waals surface area contributed by atoms with Gasteiger partial charge in [0.25, 0.3) is 0 Å². The fourth-order valence-electron chi connectivity index (χ4n) is 3.65. The Morgan fingerprint density at radius 1 is 1.38 bits per heavy atom. The van der Waals surface area contributed by atoms with Crippen molar-refractivity contribution in [2.24, 2.45) is 10.9 Å². The number of rotatable bonds is 2. The quantitative estimate of drug-likeness (QED) is 0.786. The van der Waals surface area contributed by atoms with Gasteiger partial charge in [-0.05, 0) is 37.0 Å². The van der Waals surface area contributed by atoms with Crippen LogP contribution in [0, 0.1) is 17.8 Å². The maximum absolute atomic E-state index is 11.0. The van der Waals surface area contributed by atoms with E-state index in [2.05, 4.69) is 27.0 Å². The van der Waals surface area contributed by atoms with Crippen LogP contribution in [-0.4, -0.2) is 47.5 Å². The Bertz CT molecular complexity index is 846. The first-order valence-corrected chi connectivity index (χ1v) is 9.22. The Morgan fingerprint density at radius 3 is 3.00 bits per heavy atom. The summed E-state index contributed by atoms with van der Waals surface area (Å²) < 4.78 is 0. The maximum atomic E-state index is 11.0. The number of benzene rings is 1. The molecule has 1 aromatic rings. The summed E-state index contributed by atoms with van der Waals surface area (Å²) in [4.78, 5) is 17.9. The van der Waals surface area contributed by atoms with Gasteiger partial charge in [-0.3, -0.25) is 14.7 Å². The number of nitrogens with zero attached hydrogens (tertiary/aromatic N) is 2. The van der Waals surface area contributed by atoms with E-state index in [9.17, 15) is 4.79 Å². The van der Waals surface area contributed by atoms with Crippen molar-refractivity contribution in [2.75, 3.05) is 13.1 Å². The van der Waals surface area contributed by atoms with Crippen LogP contribution in [0.1, 0.15) is 24.8 Å². The number of carbonyl (C=O) groups is 1. The van der Waals surface area contributed by atoms with Gasteiger partial charge in [-0.25, -0.2) is 0 Å². The summed E-state index contributed by atoms with van der Waals surface area (Å²) in [5.41, 5.74) is 3.27. The number of hydrogen-bond donors (Lipinski definition) is 2. The molecule has 1 aromatic carbocycles. The summed E-state index contributed by atoms with van der Waals surface area (Å²) >= 11 is 5.98. The lowest BCUT2D eigenvalue weighted by Crippen LogP contribution is -2.51. The maximum Gasteiger partial charge on any atom is 0.306 e. The van der Waals surface area contributed by atoms with Crippen molar-refractivity contribution in [2.45, 2.75) is 31.5 Å². The minimum absolute atomic E-state index is 0.167. The molecule has 0 bridgehead atoms. The Balaban J connectivity index is 1.36. The average Bonchev–Trinajstić information content (AvgIpc) is 2.58. The topological polar surface area (TPSA) is 64.9 Å². The highest BCUT2D eigenvalue weighted by molar-refractivity contribution is 6.30. The highest BCUT2D eigenvalue weighted by Crippen LogP contribution is 2.34. The molecule has 2 N–H and O–H groups in total. The fraction of sp³-hybridized carbons (Fsp3) is 0.400. The summed E-state index contributed by atoms with van der Waals surface area (Å²) in [5, 5.41) is 13.1. The first kappa shape index (κ1) is 17.1. The van der Waals surface area contributed by atoms with Crippen molar-refractivity contribution in [3.63, 3.8) is 0 Å². The number of carboxylic acid groups (broad SMARTS) is 1. The van der Waals surface area contributed by atoms with E-state index in [0.29, 0.717) is 11.1 Å². The van der Waals surface area contributed by atoms with E-state index in [0.717, 1.165) is 37.9 Å². The van der Waals surface area contributed by atoms with Crippen molar-refractivity contribution < 1.29 is 9.90 Å². The molecular formula is C20H20ClN3O2. The van der Waals surface area contributed by atoms with Gasteiger partial charge >= 0.3 is 5.97 Å². The van der Waals surface area contributed by atoms with Crippen LogP contribution in [0.15, 0.2) is 40.5 Å². The second-order valence-electron chi connectivity index (χ2n) is 6.99. The highest BCUT2D eigenvalue weighted by Gasteiger charge is 2.39. The summed E-state index contributed by atoms with van der Waals surface area (Å²) in [6.07, 6.45) is 4.12. The third kappa shape index (κ3) is 3.62. The molecule has 0 spiro atoms. The number of aliphatic carboxylic acids is 1. The van der Waals surface area contributed by atoms with Gasteiger partial charge in [0, 0.05) is 53.6 Å². The molecule has 2 heterocycles. The van der Waals surface area contributed by atoms with Crippen molar-refractivity contribution in [3.8, 4) is 11.8 Å². The van der Waals surface area contributed by atoms with Gasteiger partial charge in [-0.1, -0.05) is 23.6 Å². The molecule has 0 aromatic heterocycles. The zero-order valence-corrected chi connectivity index (χ0v) is 15.0. The molecule has 26 heavy (non-hydrogen) atoms. The Labute approximate surface area is 157 Å². The third-order valence-corrected chi connectivity index (χ3v) is 5.49. The summed E-state index contributed by atoms with van der Waals surface area (Å²) in [6.45, 7) is 1.78. The van der Waals surface area contributed by atoms with Crippen LogP contribution in [0.5, 0.6) is 0 Å². The molecular weight excluding hydrogens is 350 g/mol. The second kappa shape index (κ2) is 7.14. The van der Waals surface area contributed by atoms with Crippen molar-refractivity contribution in [3.05, 3.63) is 46.1 Å². The molecule has 134 valence electrons. The standard InChI is InChI=1S/C20H20ClN3O2/c21-16-3-1-2-13(8-16)4-5-19-22-11-15-12-24(7-6-18(15)23-19)17-9-14(10-17)20(25)26/h1-3,8,11,14,17,19,23H,6-7,9-10,12H2,(H,25,26). The minimum atomic E-state index is -0.667. The van der Waals surface area contributed by atoms with Gasteiger partial charge < -0.3 is 10.4 Å². The third-order valence-electron chi connectivity index (χ3n) is 5.26. The number of aliphatic imine (C=N–C) groups is 1. The largest absolute Gasteiger partial charge is 0.481 e. The van der Waals surface area contributed by atoms with E-state index < -0.39 is 5.97 Å². The van der Waals surface area contributed by atoms with Crippen LogP contribution in [-0.2, 0) is 4.79 Å². The van der Waals surface area contributed by atoms with E-state index in [1.807, 2.05) is 30.5 Å².